The number of anilines is 3. The number of hydrogen-bond donors (Lipinski definition) is 2. The lowest BCUT2D eigenvalue weighted by Crippen LogP contribution is -2.09. The van der Waals surface area contributed by atoms with Gasteiger partial charge in [-0.25, -0.2) is 9.64 Å². The second-order valence-electron chi connectivity index (χ2n) is 18.0. The van der Waals surface area contributed by atoms with Crippen LogP contribution < -0.4 is 4.90 Å². The first-order chi connectivity index (χ1) is 37.5. The molecule has 9 rings (SSSR count). The number of thiophene rings is 2. The number of allylic oxidation sites excluding steroid dienone is 2. The van der Waals surface area contributed by atoms with E-state index in [0.717, 1.165) is 82.5 Å². The molecule has 0 fully saturated rings. The van der Waals surface area contributed by atoms with Gasteiger partial charge in [-0.3, -0.25) is 4.79 Å². The zero-order valence-corrected chi connectivity index (χ0v) is 43.7. The Balaban J connectivity index is 1.08. The van der Waals surface area contributed by atoms with E-state index in [9.17, 15) is 25.1 Å². The summed E-state index contributed by atoms with van der Waals surface area (Å²) in [5.74, 6) is -2.52. The number of carboxylic acids is 2. The third-order valence-electron chi connectivity index (χ3n) is 12.6. The van der Waals surface area contributed by atoms with Gasteiger partial charge in [0.15, 0.2) is 0 Å². The summed E-state index contributed by atoms with van der Waals surface area (Å²) in [5.41, 5.74) is 14.9. The minimum absolute atomic E-state index is 0.324. The van der Waals surface area contributed by atoms with Crippen molar-refractivity contribution >= 4 is 98.8 Å². The Hall–Kier alpha value is -9.90. The van der Waals surface area contributed by atoms with Crippen molar-refractivity contribution in [3.05, 3.63) is 311 Å². The van der Waals surface area contributed by atoms with Gasteiger partial charge in [0.25, 0.3) is 5.70 Å². The molecule has 0 aliphatic heterocycles. The van der Waals surface area contributed by atoms with Crippen LogP contribution in [-0.4, -0.2) is 22.2 Å². The van der Waals surface area contributed by atoms with E-state index in [4.69, 9.17) is 6.57 Å². The van der Waals surface area contributed by atoms with Crippen LogP contribution >= 0.6 is 22.7 Å². The molecule has 0 saturated carbocycles. The van der Waals surface area contributed by atoms with E-state index in [2.05, 4.69) is 175 Å². The van der Waals surface area contributed by atoms with E-state index < -0.39 is 11.9 Å². The van der Waals surface area contributed by atoms with Crippen LogP contribution in [0.3, 0.4) is 0 Å². The molecule has 9 aromatic rings. The summed E-state index contributed by atoms with van der Waals surface area (Å²) in [5, 5.41) is 28.4. The molecule has 7 nitrogen and oxygen atoms in total. The first kappa shape index (κ1) is 52.0. The second-order valence-corrected chi connectivity index (χ2v) is 20.2. The molecule has 77 heavy (non-hydrogen) atoms. The molecule has 0 spiro atoms. The largest absolute Gasteiger partial charge is 0.486 e. The van der Waals surface area contributed by atoms with Crippen molar-refractivity contribution in [3.8, 4) is 6.07 Å². The van der Waals surface area contributed by atoms with Crippen molar-refractivity contribution in [1.29, 1.82) is 5.26 Å². The molecule has 9 heteroatoms. The number of carbonyl (C=O) groups is 2. The predicted molar refractivity (Wildman–Crippen MR) is 319 cm³/mol. The van der Waals surface area contributed by atoms with Gasteiger partial charge in [-0.2, -0.15) is 5.26 Å². The van der Waals surface area contributed by atoms with Crippen LogP contribution in [0.15, 0.2) is 230 Å². The van der Waals surface area contributed by atoms with E-state index in [1.165, 1.54) is 46.0 Å². The van der Waals surface area contributed by atoms with Crippen LogP contribution in [0.5, 0.6) is 0 Å². The van der Waals surface area contributed by atoms with Crippen LogP contribution in [0.4, 0.5) is 17.1 Å². The van der Waals surface area contributed by atoms with Gasteiger partial charge in [-0.1, -0.05) is 175 Å². The van der Waals surface area contributed by atoms with Gasteiger partial charge in [-0.05, 0) is 154 Å². The Morgan fingerprint density at radius 1 is 0.494 bits per heavy atom. The zero-order chi connectivity index (χ0) is 53.7. The third-order valence-corrected chi connectivity index (χ3v) is 14.7. The second kappa shape index (κ2) is 24.4. The van der Waals surface area contributed by atoms with Crippen LogP contribution in [0.25, 0.3) is 51.9 Å². The van der Waals surface area contributed by atoms with Gasteiger partial charge in [0.1, 0.15) is 11.6 Å². The monoisotopic (exact) mass is 1040 g/mol. The van der Waals surface area contributed by atoms with Gasteiger partial charge in [0.05, 0.1) is 6.57 Å². The molecule has 0 saturated heterocycles. The van der Waals surface area contributed by atoms with Crippen LogP contribution in [0.2, 0.25) is 0 Å². The Bertz CT molecular complexity index is 3620. The van der Waals surface area contributed by atoms with E-state index in [-0.39, 0.29) is 11.3 Å². The highest BCUT2D eigenvalue weighted by Gasteiger charge is 2.16. The number of benzene rings is 7. The summed E-state index contributed by atoms with van der Waals surface area (Å²) in [6, 6.07) is 72.0. The van der Waals surface area contributed by atoms with Crippen molar-refractivity contribution in [2.75, 3.05) is 4.90 Å². The first-order valence-electron chi connectivity index (χ1n) is 24.6. The van der Waals surface area contributed by atoms with E-state index in [1.54, 1.807) is 6.07 Å². The number of nitriles is 1. The minimum Gasteiger partial charge on any atom is -0.486 e. The van der Waals surface area contributed by atoms with E-state index >= 15 is 0 Å². The highest BCUT2D eigenvalue weighted by Crippen LogP contribution is 2.39. The molecule has 7 aromatic carbocycles. The Morgan fingerprint density at radius 3 is 1.31 bits per heavy atom. The molecule has 0 amide bonds. The van der Waals surface area contributed by atoms with E-state index in [1.807, 2.05) is 84.9 Å². The topological polar surface area (TPSA) is 106 Å². The Labute approximate surface area is 456 Å². The van der Waals surface area contributed by atoms with Crippen LogP contribution in [0.1, 0.15) is 69.6 Å². The Kier molecular flexibility index (Phi) is 16.5. The molecule has 0 bridgehead atoms. The summed E-state index contributed by atoms with van der Waals surface area (Å²) < 4.78 is 0. The predicted octanol–water partition coefficient (Wildman–Crippen LogP) is 17.6. The highest BCUT2D eigenvalue weighted by atomic mass is 32.1. The summed E-state index contributed by atoms with van der Waals surface area (Å²) in [6.45, 7) is 11.5. The van der Waals surface area contributed by atoms with Crippen molar-refractivity contribution in [2.24, 2.45) is 0 Å². The molecule has 2 N–H and O–H groups in total. The maximum absolute atomic E-state index is 11.6. The first-order valence-corrected chi connectivity index (χ1v) is 26.2. The molecule has 0 aliphatic rings. The maximum Gasteiger partial charge on any atom is 0.346 e. The number of hydrogen-bond acceptors (Lipinski definition) is 6. The van der Waals surface area contributed by atoms with Gasteiger partial charge in [0.2, 0.25) is 0 Å². The molecule has 0 atom stereocenters. The number of aryl methyl sites for hydroxylation is 2. The SMILES string of the molecule is [C-]#[N+]C(=Cc1ccc(C(=Cc2ccc(N(c3ccc(C=CC=C(c4ccc(C)cc4)c4ccc(C)cc4)cc3)c3ccc(C=C(c4ccccc4)c4ccc(C=C(C#N)C(=O)O)s4)cc3)cc2)c2ccccc2)s1)C(=O)O. The molecule has 2 heterocycles. The van der Waals surface area contributed by atoms with Gasteiger partial charge in [-0.15, -0.1) is 22.7 Å². The zero-order valence-electron chi connectivity index (χ0n) is 42.0. The fourth-order valence-corrected chi connectivity index (χ4v) is 10.5. The minimum atomic E-state index is -1.26. The van der Waals surface area contributed by atoms with Crippen LogP contribution in [0, 0.1) is 31.8 Å². The van der Waals surface area contributed by atoms with Crippen molar-refractivity contribution in [1.82, 2.24) is 0 Å². The molecule has 0 unspecified atom stereocenters. The normalized spacial score (nSPS) is 11.9. The number of carboxylic acid groups (broad SMARTS) is 2. The summed E-state index contributed by atoms with van der Waals surface area (Å²) in [4.78, 5) is 31.9. The molecule has 372 valence electrons. The lowest BCUT2D eigenvalue weighted by atomic mass is 9.96. The lowest BCUT2D eigenvalue weighted by Gasteiger charge is -2.26. The number of nitrogens with zero attached hydrogens (tertiary/aromatic N) is 3. The van der Waals surface area contributed by atoms with E-state index in [0.29, 0.717) is 9.75 Å². The number of aliphatic carboxylic acids is 2. The highest BCUT2D eigenvalue weighted by molar-refractivity contribution is 7.14. The summed E-state index contributed by atoms with van der Waals surface area (Å²) in [7, 11) is 0. The van der Waals surface area contributed by atoms with Gasteiger partial charge in [0, 0.05) is 36.6 Å². The van der Waals surface area contributed by atoms with Crippen molar-refractivity contribution < 1.29 is 19.8 Å². The molecular weight excluding hydrogens is 987 g/mol. The fourth-order valence-electron chi connectivity index (χ4n) is 8.57. The molecular formula is C68H49N3O4S2. The van der Waals surface area contributed by atoms with Gasteiger partial charge >= 0.3 is 11.9 Å². The third kappa shape index (κ3) is 13.1. The average Bonchev–Trinajstić information content (AvgIpc) is 4.14. The smallest absolute Gasteiger partial charge is 0.346 e. The summed E-state index contributed by atoms with van der Waals surface area (Å²) in [6.07, 6.45) is 13.5. The molecule has 0 radical (unpaired) electrons. The average molecular weight is 1040 g/mol. The maximum atomic E-state index is 11.6. The lowest BCUT2D eigenvalue weighted by molar-refractivity contribution is -0.133. The summed E-state index contributed by atoms with van der Waals surface area (Å²) >= 11 is 2.85. The van der Waals surface area contributed by atoms with Crippen molar-refractivity contribution in [3.63, 3.8) is 0 Å². The standard InChI is InChI=1S/C68H49N3O4S2/c1-46-17-27-53(28-18-46)61(54-29-19-47(2)20-30-54)16-10-11-48-21-31-56(32-22-48)71(57-33-23-49(24-34-57)41-62(51-12-6-4-7-13-51)65-39-37-59(76-65)43-55(45-69)67(72)73)58-35-25-50(26-36-58)42-63(52-14-8-5-9-15-52)66-40-38-60(77-66)44-64(70-3)68(74)75/h4-44H,1-2H3,(H,72,73)(H,74,75). The van der Waals surface area contributed by atoms with Crippen LogP contribution in [-0.2, 0) is 9.59 Å². The molecule has 0 aliphatic carbocycles. The number of rotatable bonds is 17. The van der Waals surface area contributed by atoms with Gasteiger partial charge < -0.3 is 15.1 Å². The molecule has 2 aromatic heterocycles. The van der Waals surface area contributed by atoms with Crippen molar-refractivity contribution in [2.45, 2.75) is 13.8 Å². The quantitative estimate of drug-likeness (QED) is 0.0309. The Morgan fingerprint density at radius 2 is 0.909 bits per heavy atom. The fraction of sp³-hybridized carbons (Fsp3) is 0.0294.